The van der Waals surface area contributed by atoms with Gasteiger partial charge in [-0.15, -0.1) is 4.83 Å². The molecule has 0 bridgehead atoms. The quantitative estimate of drug-likeness (QED) is 0.722. The van der Waals surface area contributed by atoms with Gasteiger partial charge in [-0.3, -0.25) is 10.2 Å². The summed E-state index contributed by atoms with van der Waals surface area (Å²) in [5, 5.41) is 8.95. The standard InChI is InChI=1S/C18H19N3O4S/c1-13(2)14-7-9-16(10-8-14)26(23,24)21-20-18(22)12-25-17-6-4-3-5-15(17)11-19/h3-10,13,21H,12H2,1-2H3,(H,20,22). The number of rotatable bonds is 7. The second kappa shape index (κ2) is 8.47. The minimum Gasteiger partial charge on any atom is -0.482 e. The maximum Gasteiger partial charge on any atom is 0.272 e. The van der Waals surface area contributed by atoms with Crippen molar-refractivity contribution in [3.63, 3.8) is 0 Å². The summed E-state index contributed by atoms with van der Waals surface area (Å²) < 4.78 is 29.6. The van der Waals surface area contributed by atoms with Gasteiger partial charge in [0, 0.05) is 0 Å². The number of sulfonamides is 1. The number of benzene rings is 2. The zero-order chi connectivity index (χ0) is 19.2. The first-order valence-corrected chi connectivity index (χ1v) is 9.34. The Hall–Kier alpha value is -2.89. The Bertz CT molecular complexity index is 916. The molecule has 2 rings (SSSR count). The first kappa shape index (κ1) is 19.4. The van der Waals surface area contributed by atoms with Gasteiger partial charge in [0.2, 0.25) is 0 Å². The van der Waals surface area contributed by atoms with Crippen molar-refractivity contribution >= 4 is 15.9 Å². The minimum absolute atomic E-state index is 0.0398. The molecule has 2 N–H and O–H groups in total. The molecule has 0 aliphatic rings. The van der Waals surface area contributed by atoms with E-state index in [2.05, 4.69) is 5.43 Å². The molecule has 0 atom stereocenters. The van der Waals surface area contributed by atoms with Gasteiger partial charge in [0.15, 0.2) is 6.61 Å². The summed E-state index contributed by atoms with van der Waals surface area (Å²) in [5.74, 6) is -0.162. The van der Waals surface area contributed by atoms with Crippen LogP contribution in [0.3, 0.4) is 0 Å². The van der Waals surface area contributed by atoms with Crippen molar-refractivity contribution in [2.75, 3.05) is 6.61 Å². The van der Waals surface area contributed by atoms with E-state index in [1.165, 1.54) is 12.1 Å². The van der Waals surface area contributed by atoms with Gasteiger partial charge in [0.1, 0.15) is 11.8 Å². The van der Waals surface area contributed by atoms with Gasteiger partial charge in [-0.1, -0.05) is 38.1 Å². The van der Waals surface area contributed by atoms with Gasteiger partial charge in [-0.2, -0.15) is 5.26 Å². The summed E-state index contributed by atoms with van der Waals surface area (Å²) in [6.07, 6.45) is 0. The third-order valence-corrected chi connectivity index (χ3v) is 4.81. The van der Waals surface area contributed by atoms with Crippen LogP contribution in [-0.2, 0) is 14.8 Å². The second-order valence-corrected chi connectivity index (χ2v) is 7.46. The fraction of sp³-hybridized carbons (Fsp3) is 0.222. The average Bonchev–Trinajstić information content (AvgIpc) is 2.65. The number of nitrogens with zero attached hydrogens (tertiary/aromatic N) is 1. The fourth-order valence-corrected chi connectivity index (χ4v) is 2.94. The van der Waals surface area contributed by atoms with Crippen LogP contribution in [0.15, 0.2) is 53.4 Å². The van der Waals surface area contributed by atoms with Crippen LogP contribution in [0, 0.1) is 11.3 Å². The molecule has 0 radical (unpaired) electrons. The molecule has 0 spiro atoms. The van der Waals surface area contributed by atoms with Crippen LogP contribution < -0.4 is 15.0 Å². The van der Waals surface area contributed by atoms with E-state index in [4.69, 9.17) is 10.00 Å². The van der Waals surface area contributed by atoms with Gasteiger partial charge in [0.25, 0.3) is 15.9 Å². The van der Waals surface area contributed by atoms with Gasteiger partial charge in [-0.05, 0) is 35.7 Å². The fourth-order valence-electron chi connectivity index (χ4n) is 2.08. The summed E-state index contributed by atoms with van der Waals surface area (Å²) in [5.41, 5.74) is 3.38. The highest BCUT2D eigenvalue weighted by Crippen LogP contribution is 2.17. The van der Waals surface area contributed by atoms with Gasteiger partial charge in [-0.25, -0.2) is 8.42 Å². The van der Waals surface area contributed by atoms with Crippen molar-refractivity contribution in [1.29, 1.82) is 5.26 Å². The van der Waals surface area contributed by atoms with Crippen LogP contribution in [0.25, 0.3) is 0 Å². The molecule has 2 aromatic carbocycles. The Morgan fingerprint density at radius 1 is 1.15 bits per heavy atom. The minimum atomic E-state index is -3.88. The number of amides is 1. The highest BCUT2D eigenvalue weighted by atomic mass is 32.2. The number of para-hydroxylation sites is 1. The lowest BCUT2D eigenvalue weighted by atomic mass is 10.0. The highest BCUT2D eigenvalue weighted by molar-refractivity contribution is 7.89. The molecule has 0 saturated heterocycles. The molecule has 0 aliphatic heterocycles. The zero-order valence-electron chi connectivity index (χ0n) is 14.4. The van der Waals surface area contributed by atoms with Gasteiger partial charge >= 0.3 is 0 Å². The highest BCUT2D eigenvalue weighted by Gasteiger charge is 2.16. The van der Waals surface area contributed by atoms with Crippen LogP contribution in [0.5, 0.6) is 5.75 Å². The molecule has 1 amide bonds. The largest absolute Gasteiger partial charge is 0.482 e. The van der Waals surface area contributed by atoms with Crippen molar-refractivity contribution in [3.8, 4) is 11.8 Å². The Morgan fingerprint density at radius 2 is 1.81 bits per heavy atom. The number of carbonyl (C=O) groups is 1. The Morgan fingerprint density at radius 3 is 2.42 bits per heavy atom. The predicted octanol–water partition coefficient (Wildman–Crippen LogP) is 2.07. The third kappa shape index (κ3) is 5.05. The summed E-state index contributed by atoms with van der Waals surface area (Å²) in [6, 6.07) is 14.8. The van der Waals surface area contributed by atoms with Crippen molar-refractivity contribution in [3.05, 3.63) is 59.7 Å². The van der Waals surface area contributed by atoms with E-state index in [-0.39, 0.29) is 22.1 Å². The van der Waals surface area contributed by atoms with E-state index in [1.807, 2.05) is 24.7 Å². The molecule has 0 aliphatic carbocycles. The van der Waals surface area contributed by atoms with Crippen LogP contribution in [0.4, 0.5) is 0 Å². The predicted molar refractivity (Wildman–Crippen MR) is 95.6 cm³/mol. The molecule has 7 nitrogen and oxygen atoms in total. The van der Waals surface area contributed by atoms with Crippen molar-refractivity contribution in [2.24, 2.45) is 0 Å². The van der Waals surface area contributed by atoms with Crippen molar-refractivity contribution in [1.82, 2.24) is 10.3 Å². The maximum absolute atomic E-state index is 12.2. The SMILES string of the molecule is CC(C)c1ccc(S(=O)(=O)NNC(=O)COc2ccccc2C#N)cc1. The molecule has 0 aromatic heterocycles. The summed E-state index contributed by atoms with van der Waals surface area (Å²) in [4.78, 5) is 13.8. The molecular weight excluding hydrogens is 354 g/mol. The first-order valence-electron chi connectivity index (χ1n) is 7.86. The van der Waals surface area contributed by atoms with E-state index in [1.54, 1.807) is 36.4 Å². The molecule has 2 aromatic rings. The third-order valence-electron chi connectivity index (χ3n) is 3.55. The maximum atomic E-state index is 12.2. The Kier molecular flexibility index (Phi) is 6.33. The number of nitriles is 1. The number of ether oxygens (including phenoxy) is 1. The Balaban J connectivity index is 1.92. The molecule has 136 valence electrons. The first-order chi connectivity index (χ1) is 12.3. The number of carbonyl (C=O) groups excluding carboxylic acids is 1. The topological polar surface area (TPSA) is 108 Å². The lowest BCUT2D eigenvalue weighted by molar-refractivity contribution is -0.123. The van der Waals surface area contributed by atoms with E-state index in [0.29, 0.717) is 0 Å². The van der Waals surface area contributed by atoms with Crippen molar-refractivity contribution < 1.29 is 17.9 Å². The lowest BCUT2D eigenvalue weighted by Crippen LogP contribution is -2.43. The van der Waals surface area contributed by atoms with E-state index in [0.717, 1.165) is 5.56 Å². The number of hydrogen-bond donors (Lipinski definition) is 2. The van der Waals surface area contributed by atoms with Crippen LogP contribution >= 0.6 is 0 Å². The molecule has 8 heteroatoms. The summed E-state index contributed by atoms with van der Waals surface area (Å²) in [6.45, 7) is 3.58. The van der Waals surface area contributed by atoms with Crippen LogP contribution in [-0.4, -0.2) is 20.9 Å². The number of hydrazine groups is 1. The normalized spacial score (nSPS) is 11.0. The summed E-state index contributed by atoms with van der Waals surface area (Å²) >= 11 is 0. The summed E-state index contributed by atoms with van der Waals surface area (Å²) in [7, 11) is -3.88. The number of hydrogen-bond acceptors (Lipinski definition) is 5. The number of nitrogens with one attached hydrogen (secondary N) is 2. The molecular formula is C18H19N3O4S. The smallest absolute Gasteiger partial charge is 0.272 e. The van der Waals surface area contributed by atoms with Crippen LogP contribution in [0.2, 0.25) is 0 Å². The molecule has 0 fully saturated rings. The van der Waals surface area contributed by atoms with E-state index < -0.39 is 22.5 Å². The monoisotopic (exact) mass is 373 g/mol. The van der Waals surface area contributed by atoms with Gasteiger partial charge in [0.05, 0.1) is 10.5 Å². The van der Waals surface area contributed by atoms with E-state index in [9.17, 15) is 13.2 Å². The molecule has 0 heterocycles. The molecule has 26 heavy (non-hydrogen) atoms. The molecule has 0 saturated carbocycles. The average molecular weight is 373 g/mol. The second-order valence-electron chi connectivity index (χ2n) is 5.77. The lowest BCUT2D eigenvalue weighted by Gasteiger charge is -2.11. The van der Waals surface area contributed by atoms with Crippen LogP contribution in [0.1, 0.15) is 30.9 Å². The van der Waals surface area contributed by atoms with E-state index >= 15 is 0 Å². The zero-order valence-corrected chi connectivity index (χ0v) is 15.2. The molecule has 0 unspecified atom stereocenters. The van der Waals surface area contributed by atoms with Crippen molar-refractivity contribution in [2.45, 2.75) is 24.7 Å². The van der Waals surface area contributed by atoms with Gasteiger partial charge < -0.3 is 4.74 Å². The Labute approximate surface area is 152 Å².